The number of hydrogen-bond acceptors (Lipinski definition) is 3. The Morgan fingerprint density at radius 3 is 3.07 bits per heavy atom. The molecule has 1 N–H and O–H groups in total. The summed E-state index contributed by atoms with van der Waals surface area (Å²) < 4.78 is 0. The Morgan fingerprint density at radius 2 is 2.27 bits per heavy atom. The predicted octanol–water partition coefficient (Wildman–Crippen LogP) is 0.654. The van der Waals surface area contributed by atoms with Gasteiger partial charge in [-0.1, -0.05) is 0 Å². The van der Waals surface area contributed by atoms with Gasteiger partial charge in [0.15, 0.2) is 0 Å². The highest BCUT2D eigenvalue weighted by Crippen LogP contribution is 1.98. The largest absolute Gasteiger partial charge is 0.315 e. The third kappa shape index (κ3) is 5.56. The summed E-state index contributed by atoms with van der Waals surface area (Å²) in [6, 6.07) is 0. The van der Waals surface area contributed by atoms with Crippen molar-refractivity contribution in [1.82, 2.24) is 10.2 Å². The number of ketones is 1. The molecule has 0 amide bonds. The van der Waals surface area contributed by atoms with Crippen molar-refractivity contribution >= 4 is 5.78 Å². The Balaban J connectivity index is 2.19. The van der Waals surface area contributed by atoms with Gasteiger partial charge in [0.25, 0.3) is 0 Å². The van der Waals surface area contributed by atoms with Crippen molar-refractivity contribution in [3.63, 3.8) is 0 Å². The van der Waals surface area contributed by atoms with Crippen LogP contribution >= 0.6 is 0 Å². The molecule has 0 unspecified atom stereocenters. The molecule has 1 fully saturated rings. The van der Waals surface area contributed by atoms with Crippen LogP contribution in [0.2, 0.25) is 0 Å². The molecule has 3 heteroatoms. The molecule has 1 aliphatic rings. The van der Waals surface area contributed by atoms with Crippen LogP contribution in [0.1, 0.15) is 26.2 Å². The molecule has 1 rings (SSSR count). The first-order valence-electron chi connectivity index (χ1n) is 5.67. The van der Waals surface area contributed by atoms with Gasteiger partial charge in [-0.3, -0.25) is 9.69 Å². The summed E-state index contributed by atoms with van der Waals surface area (Å²) in [5.41, 5.74) is 0. The van der Waals surface area contributed by atoms with Crippen molar-refractivity contribution in [2.24, 2.45) is 0 Å². The van der Waals surface area contributed by atoms with Gasteiger partial charge in [-0.25, -0.2) is 0 Å². The Hall–Kier alpha value is -0.850. The van der Waals surface area contributed by atoms with E-state index in [1.54, 1.807) is 0 Å². The van der Waals surface area contributed by atoms with E-state index in [1.807, 2.05) is 6.92 Å². The van der Waals surface area contributed by atoms with Gasteiger partial charge in [0.1, 0.15) is 5.78 Å². The quantitative estimate of drug-likeness (QED) is 0.689. The minimum Gasteiger partial charge on any atom is -0.315 e. The number of carbonyl (C=O) groups is 1. The van der Waals surface area contributed by atoms with Crippen LogP contribution in [-0.2, 0) is 4.79 Å². The molecular formula is C12H20N2O. The van der Waals surface area contributed by atoms with Crippen molar-refractivity contribution in [3.05, 3.63) is 0 Å². The van der Waals surface area contributed by atoms with Crippen molar-refractivity contribution in [2.45, 2.75) is 26.2 Å². The van der Waals surface area contributed by atoms with Gasteiger partial charge < -0.3 is 5.32 Å². The summed E-state index contributed by atoms with van der Waals surface area (Å²) in [6.45, 7) is 6.52. The fourth-order valence-corrected chi connectivity index (χ4v) is 1.72. The maximum atomic E-state index is 11.6. The van der Waals surface area contributed by atoms with Crippen molar-refractivity contribution in [3.8, 4) is 11.8 Å². The van der Waals surface area contributed by atoms with Crippen LogP contribution in [0, 0.1) is 11.8 Å². The second-order valence-corrected chi connectivity index (χ2v) is 3.85. The lowest BCUT2D eigenvalue weighted by atomic mass is 10.2. The van der Waals surface area contributed by atoms with Gasteiger partial charge in [0.05, 0.1) is 6.54 Å². The lowest BCUT2D eigenvalue weighted by molar-refractivity contribution is -0.120. The summed E-state index contributed by atoms with van der Waals surface area (Å²) >= 11 is 0. The van der Waals surface area contributed by atoms with Crippen LogP contribution < -0.4 is 5.32 Å². The topological polar surface area (TPSA) is 32.3 Å². The van der Waals surface area contributed by atoms with Crippen LogP contribution in [-0.4, -0.2) is 43.4 Å². The second-order valence-electron chi connectivity index (χ2n) is 3.85. The fraction of sp³-hybridized carbons (Fsp3) is 0.750. The van der Waals surface area contributed by atoms with E-state index in [0.29, 0.717) is 25.2 Å². The number of carbonyl (C=O) groups excluding carboxylic acids is 1. The standard InChI is InChI=1S/C12H20N2O/c1-2-3-4-6-12(15)11-14-9-5-7-13-8-10-14/h13H,4-11H2,1H3. The van der Waals surface area contributed by atoms with Gasteiger partial charge in [-0.15, -0.1) is 11.8 Å². The molecule has 0 bridgehead atoms. The SMILES string of the molecule is CC#CCCC(=O)CN1CCCNCC1. The number of Topliss-reactive ketones (excluding diaryl/α,β-unsaturated/α-hetero) is 1. The van der Waals surface area contributed by atoms with Crippen LogP contribution in [0.5, 0.6) is 0 Å². The molecule has 15 heavy (non-hydrogen) atoms. The minimum absolute atomic E-state index is 0.319. The first kappa shape index (κ1) is 12.2. The number of nitrogens with one attached hydrogen (secondary N) is 1. The highest BCUT2D eigenvalue weighted by molar-refractivity contribution is 5.80. The average Bonchev–Trinajstić information content (AvgIpc) is 2.47. The highest BCUT2D eigenvalue weighted by Gasteiger charge is 2.11. The molecule has 0 aromatic heterocycles. The molecule has 1 heterocycles. The van der Waals surface area contributed by atoms with E-state index in [1.165, 1.54) is 0 Å². The zero-order valence-corrected chi connectivity index (χ0v) is 9.51. The van der Waals surface area contributed by atoms with Gasteiger partial charge in [0, 0.05) is 25.9 Å². The van der Waals surface area contributed by atoms with E-state index in [0.717, 1.165) is 32.6 Å². The predicted molar refractivity (Wildman–Crippen MR) is 61.6 cm³/mol. The maximum Gasteiger partial charge on any atom is 0.147 e. The molecule has 0 aromatic carbocycles. The summed E-state index contributed by atoms with van der Waals surface area (Å²) in [6.07, 6.45) is 2.45. The average molecular weight is 208 g/mol. The van der Waals surface area contributed by atoms with E-state index in [-0.39, 0.29) is 0 Å². The molecule has 0 spiro atoms. The lowest BCUT2D eigenvalue weighted by Crippen LogP contribution is -2.32. The van der Waals surface area contributed by atoms with E-state index in [2.05, 4.69) is 22.1 Å². The first-order valence-corrected chi connectivity index (χ1v) is 5.67. The van der Waals surface area contributed by atoms with Crippen LogP contribution in [0.15, 0.2) is 0 Å². The van der Waals surface area contributed by atoms with Gasteiger partial charge in [-0.05, 0) is 26.4 Å². The smallest absolute Gasteiger partial charge is 0.147 e. The maximum absolute atomic E-state index is 11.6. The van der Waals surface area contributed by atoms with Crippen molar-refractivity contribution in [1.29, 1.82) is 0 Å². The third-order valence-corrected chi connectivity index (χ3v) is 2.54. The van der Waals surface area contributed by atoms with Crippen LogP contribution in [0.25, 0.3) is 0 Å². The first-order chi connectivity index (χ1) is 7.33. The molecule has 84 valence electrons. The number of hydrogen-bond donors (Lipinski definition) is 1. The monoisotopic (exact) mass is 208 g/mol. The van der Waals surface area contributed by atoms with Crippen LogP contribution in [0.3, 0.4) is 0 Å². The fourth-order valence-electron chi connectivity index (χ4n) is 1.72. The molecule has 3 nitrogen and oxygen atoms in total. The van der Waals surface area contributed by atoms with E-state index in [9.17, 15) is 4.79 Å². The molecule has 0 aliphatic carbocycles. The zero-order chi connectivity index (χ0) is 10.9. The summed E-state index contributed by atoms with van der Waals surface area (Å²) in [4.78, 5) is 13.8. The zero-order valence-electron chi connectivity index (χ0n) is 9.51. The van der Waals surface area contributed by atoms with Gasteiger partial charge in [0.2, 0.25) is 0 Å². The van der Waals surface area contributed by atoms with E-state index in [4.69, 9.17) is 0 Å². The summed E-state index contributed by atoms with van der Waals surface area (Å²) in [5, 5.41) is 3.33. The van der Waals surface area contributed by atoms with E-state index < -0.39 is 0 Å². The van der Waals surface area contributed by atoms with Crippen molar-refractivity contribution < 1.29 is 4.79 Å². The molecule has 0 radical (unpaired) electrons. The summed E-state index contributed by atoms with van der Waals surface area (Å²) in [7, 11) is 0. The lowest BCUT2D eigenvalue weighted by Gasteiger charge is -2.17. The molecule has 1 saturated heterocycles. The summed E-state index contributed by atoms with van der Waals surface area (Å²) in [5.74, 6) is 6.06. The third-order valence-electron chi connectivity index (χ3n) is 2.54. The molecule has 0 saturated carbocycles. The van der Waals surface area contributed by atoms with Crippen LogP contribution in [0.4, 0.5) is 0 Å². The minimum atomic E-state index is 0.319. The Bertz CT molecular complexity index is 244. The Labute approximate surface area is 92.2 Å². The molecule has 1 aliphatic heterocycles. The van der Waals surface area contributed by atoms with Gasteiger partial charge in [-0.2, -0.15) is 0 Å². The normalized spacial score (nSPS) is 17.7. The Morgan fingerprint density at radius 1 is 1.40 bits per heavy atom. The van der Waals surface area contributed by atoms with E-state index >= 15 is 0 Å². The highest BCUT2D eigenvalue weighted by atomic mass is 16.1. The molecule has 0 aromatic rings. The molecule has 0 atom stereocenters. The van der Waals surface area contributed by atoms with Gasteiger partial charge >= 0.3 is 0 Å². The second kappa shape index (κ2) is 7.44. The number of nitrogens with zero attached hydrogens (tertiary/aromatic N) is 1. The Kier molecular flexibility index (Phi) is 6.06. The number of rotatable bonds is 4. The van der Waals surface area contributed by atoms with Crippen molar-refractivity contribution in [2.75, 3.05) is 32.7 Å². The molecular weight excluding hydrogens is 188 g/mol.